The van der Waals surface area contributed by atoms with Crippen LogP contribution in [0, 0.1) is 0 Å². The molecule has 245 valence electrons. The van der Waals surface area contributed by atoms with Gasteiger partial charge in [-0.1, -0.05) is 112 Å². The number of aromatic nitrogens is 4. The molecule has 9 heteroatoms. The first kappa shape index (κ1) is 34.9. The maximum atomic E-state index is 12.8. The van der Waals surface area contributed by atoms with Gasteiger partial charge in [0.2, 0.25) is 0 Å². The summed E-state index contributed by atoms with van der Waals surface area (Å²) in [5.41, 5.74) is 2.61. The average molecular weight is 678 g/mol. The van der Waals surface area contributed by atoms with E-state index in [0.29, 0.717) is 46.7 Å². The largest absolute Gasteiger partial charge is 2.00 e. The zero-order valence-corrected chi connectivity index (χ0v) is 27.5. The van der Waals surface area contributed by atoms with Crippen LogP contribution < -0.4 is 22.2 Å². The minimum absolute atomic E-state index is 0. The SMILES string of the molecule is CCCC[c-]1c(=O)n(-c2ccccc2)n(-c2ccccc2)c1=O.CCCC[c-]1c(=O)n(-c2ccccc2)n(-c2ccccc2)c1=O.[Cu+2]. The van der Waals surface area contributed by atoms with Crippen molar-refractivity contribution in [3.8, 4) is 22.7 Å². The Morgan fingerprint density at radius 3 is 0.809 bits per heavy atom. The number of rotatable bonds is 10. The first-order valence-corrected chi connectivity index (χ1v) is 15.8. The van der Waals surface area contributed by atoms with E-state index in [4.69, 9.17) is 0 Å². The maximum Gasteiger partial charge on any atom is 2.00 e. The van der Waals surface area contributed by atoms with Crippen LogP contribution in [-0.4, -0.2) is 18.7 Å². The molecule has 1 radical (unpaired) electrons. The van der Waals surface area contributed by atoms with Gasteiger partial charge < -0.3 is 19.2 Å². The standard InChI is InChI=1S/2C19H19N2O2.Cu/c2*1-2-3-14-17-18(22)20(15-10-6-4-7-11-15)21(19(17)23)16-12-8-5-9-13-16;/h2*4-13H,2-3,14H2,1H3;/q2*-1;+2. The van der Waals surface area contributed by atoms with Crippen LogP contribution in [0.4, 0.5) is 0 Å². The quantitative estimate of drug-likeness (QED) is 0.130. The van der Waals surface area contributed by atoms with Crippen molar-refractivity contribution in [3.05, 3.63) is 174 Å². The summed E-state index contributed by atoms with van der Waals surface area (Å²) in [6.45, 7) is 4.10. The third kappa shape index (κ3) is 7.54. The molecule has 0 atom stereocenters. The molecule has 0 aliphatic rings. The number of hydrogen-bond acceptors (Lipinski definition) is 4. The van der Waals surface area contributed by atoms with E-state index in [1.54, 1.807) is 0 Å². The first-order chi connectivity index (χ1) is 22.5. The molecule has 6 aromatic rings. The van der Waals surface area contributed by atoms with Crippen molar-refractivity contribution in [2.45, 2.75) is 52.4 Å². The van der Waals surface area contributed by atoms with Gasteiger partial charge in [-0.15, -0.1) is 12.8 Å². The molecule has 0 saturated heterocycles. The second-order valence-electron chi connectivity index (χ2n) is 11.0. The fourth-order valence-corrected chi connectivity index (χ4v) is 5.40. The van der Waals surface area contributed by atoms with E-state index in [0.717, 1.165) is 25.7 Å². The molecule has 0 spiro atoms. The summed E-state index contributed by atoms with van der Waals surface area (Å²) in [7, 11) is 0. The summed E-state index contributed by atoms with van der Waals surface area (Å²) in [5.74, 6) is 0. The molecule has 47 heavy (non-hydrogen) atoms. The molecule has 0 N–H and O–H groups in total. The van der Waals surface area contributed by atoms with Crippen molar-refractivity contribution >= 4 is 0 Å². The summed E-state index contributed by atoms with van der Waals surface area (Å²) in [4.78, 5) is 51.3. The Morgan fingerprint density at radius 1 is 0.404 bits per heavy atom. The Bertz CT molecular complexity index is 1790. The molecule has 0 fully saturated rings. The number of benzene rings is 4. The van der Waals surface area contributed by atoms with E-state index < -0.39 is 0 Å². The van der Waals surface area contributed by atoms with E-state index >= 15 is 0 Å². The second kappa shape index (κ2) is 16.5. The molecule has 0 amide bonds. The summed E-state index contributed by atoms with van der Waals surface area (Å²) in [6, 6.07) is 37.1. The number of hydrogen-bond donors (Lipinski definition) is 0. The van der Waals surface area contributed by atoms with E-state index in [2.05, 4.69) is 0 Å². The Balaban J connectivity index is 0.000000208. The van der Waals surface area contributed by atoms with Crippen LogP contribution in [0.5, 0.6) is 0 Å². The van der Waals surface area contributed by atoms with Gasteiger partial charge >= 0.3 is 17.1 Å². The van der Waals surface area contributed by atoms with Crippen LogP contribution in [-0.2, 0) is 29.9 Å². The predicted octanol–water partition coefficient (Wildman–Crippen LogP) is 6.10. The third-order valence-corrected chi connectivity index (χ3v) is 7.77. The molecule has 0 aliphatic heterocycles. The van der Waals surface area contributed by atoms with Gasteiger partial charge in [-0.2, -0.15) is 0 Å². The number of para-hydroxylation sites is 4. The van der Waals surface area contributed by atoms with Gasteiger partial charge in [-0.3, -0.25) is 0 Å². The fourth-order valence-electron chi connectivity index (χ4n) is 5.40. The Hall–Kier alpha value is -4.98. The van der Waals surface area contributed by atoms with Crippen LogP contribution in [0.3, 0.4) is 0 Å². The number of nitrogens with zero attached hydrogens (tertiary/aromatic N) is 4. The van der Waals surface area contributed by atoms with Gasteiger partial charge in [0.15, 0.2) is 0 Å². The molecule has 0 aliphatic carbocycles. The molecule has 4 aromatic carbocycles. The summed E-state index contributed by atoms with van der Waals surface area (Å²) >= 11 is 0. The fraction of sp³-hybridized carbons (Fsp3) is 0.211. The van der Waals surface area contributed by atoms with Gasteiger partial charge in [-0.25, -0.2) is 29.9 Å². The summed E-state index contributed by atoms with van der Waals surface area (Å²) < 4.78 is 5.90. The molecule has 0 unspecified atom stereocenters. The predicted molar refractivity (Wildman–Crippen MR) is 184 cm³/mol. The van der Waals surface area contributed by atoms with Gasteiger partial charge in [0.25, 0.3) is 0 Å². The molecule has 0 saturated carbocycles. The summed E-state index contributed by atoms with van der Waals surface area (Å²) in [5, 5.41) is 0. The van der Waals surface area contributed by atoms with Crippen molar-refractivity contribution in [1.29, 1.82) is 0 Å². The van der Waals surface area contributed by atoms with Gasteiger partial charge in [0.1, 0.15) is 22.2 Å². The van der Waals surface area contributed by atoms with Crippen molar-refractivity contribution in [2.24, 2.45) is 0 Å². The first-order valence-electron chi connectivity index (χ1n) is 15.8. The van der Waals surface area contributed by atoms with E-state index in [1.807, 2.05) is 135 Å². The zero-order valence-electron chi connectivity index (χ0n) is 26.5. The van der Waals surface area contributed by atoms with Crippen molar-refractivity contribution in [1.82, 2.24) is 18.7 Å². The van der Waals surface area contributed by atoms with Crippen LogP contribution >= 0.6 is 0 Å². The normalized spacial score (nSPS) is 10.6. The zero-order chi connectivity index (χ0) is 32.5. The monoisotopic (exact) mass is 677 g/mol. The minimum Gasteiger partial charge on any atom is -0.308 e. The van der Waals surface area contributed by atoms with Gasteiger partial charge in [-0.05, 0) is 48.5 Å². The summed E-state index contributed by atoms with van der Waals surface area (Å²) in [6.07, 6.45) is 4.58. The van der Waals surface area contributed by atoms with E-state index in [1.165, 1.54) is 18.7 Å². The molecular formula is C38H38CuN4O4. The Kier molecular flexibility index (Phi) is 12.3. The van der Waals surface area contributed by atoms with Gasteiger partial charge in [0.05, 0.1) is 22.7 Å². The van der Waals surface area contributed by atoms with Crippen LogP contribution in [0.25, 0.3) is 22.7 Å². The minimum atomic E-state index is -0.224. The topological polar surface area (TPSA) is 88.0 Å². The molecule has 2 aromatic heterocycles. The molecular weight excluding hydrogens is 640 g/mol. The number of unbranched alkanes of at least 4 members (excludes halogenated alkanes) is 2. The third-order valence-electron chi connectivity index (χ3n) is 7.77. The van der Waals surface area contributed by atoms with Crippen LogP contribution in [0.1, 0.15) is 50.7 Å². The van der Waals surface area contributed by atoms with Crippen LogP contribution in [0.2, 0.25) is 0 Å². The smallest absolute Gasteiger partial charge is 0.308 e. The second-order valence-corrected chi connectivity index (χ2v) is 11.0. The van der Waals surface area contributed by atoms with Crippen molar-refractivity contribution < 1.29 is 17.1 Å². The molecule has 0 bridgehead atoms. The molecule has 8 nitrogen and oxygen atoms in total. The van der Waals surface area contributed by atoms with Crippen molar-refractivity contribution in [3.63, 3.8) is 0 Å². The Morgan fingerprint density at radius 2 is 0.617 bits per heavy atom. The molecule has 2 heterocycles. The van der Waals surface area contributed by atoms with Gasteiger partial charge in [0, 0.05) is 0 Å². The van der Waals surface area contributed by atoms with Crippen molar-refractivity contribution in [2.75, 3.05) is 0 Å². The Labute approximate surface area is 284 Å². The van der Waals surface area contributed by atoms with Crippen LogP contribution in [0.15, 0.2) is 141 Å². The van der Waals surface area contributed by atoms with E-state index in [9.17, 15) is 19.2 Å². The average Bonchev–Trinajstić information content (AvgIpc) is 3.51. The maximum absolute atomic E-state index is 12.8. The van der Waals surface area contributed by atoms with E-state index in [-0.39, 0.29) is 39.3 Å². The molecule has 6 rings (SSSR count).